The van der Waals surface area contributed by atoms with Gasteiger partial charge < -0.3 is 14.0 Å². The Morgan fingerprint density at radius 1 is 1.04 bits per heavy atom. The predicted molar refractivity (Wildman–Crippen MR) is 95.2 cm³/mol. The highest BCUT2D eigenvalue weighted by atomic mass is 16.5. The number of para-hydroxylation sites is 1. The van der Waals surface area contributed by atoms with Gasteiger partial charge in [0.15, 0.2) is 5.78 Å². The van der Waals surface area contributed by atoms with Crippen LogP contribution in [0, 0.1) is 6.92 Å². The molecular weight excluding hydrogens is 302 g/mol. The average Bonchev–Trinajstić information content (AvgIpc) is 2.87. The van der Waals surface area contributed by atoms with Crippen LogP contribution in [0.25, 0.3) is 10.9 Å². The molecular formula is C20H21NO3. The van der Waals surface area contributed by atoms with Gasteiger partial charge >= 0.3 is 0 Å². The molecule has 0 atom stereocenters. The molecule has 4 nitrogen and oxygen atoms in total. The molecule has 2 aromatic carbocycles. The van der Waals surface area contributed by atoms with Crippen molar-refractivity contribution < 1.29 is 14.3 Å². The number of fused-ring (bicyclic) bond motifs is 1. The number of aromatic nitrogens is 1. The van der Waals surface area contributed by atoms with Gasteiger partial charge in [0.1, 0.15) is 18.1 Å². The van der Waals surface area contributed by atoms with Gasteiger partial charge in [-0.25, -0.2) is 0 Å². The third kappa shape index (κ3) is 3.00. The first-order chi connectivity index (χ1) is 11.6. The Bertz CT molecular complexity index is 862. The zero-order chi connectivity index (χ0) is 17.1. The summed E-state index contributed by atoms with van der Waals surface area (Å²) in [5, 5.41) is 1.01. The monoisotopic (exact) mass is 323 g/mol. The Morgan fingerprint density at radius 2 is 1.71 bits per heavy atom. The van der Waals surface area contributed by atoms with Crippen LogP contribution < -0.4 is 9.47 Å². The minimum absolute atomic E-state index is 0.0959. The van der Waals surface area contributed by atoms with E-state index in [0.29, 0.717) is 13.2 Å². The fraction of sp³-hybridized carbons (Fsp3) is 0.250. The first kappa shape index (κ1) is 16.1. The molecule has 4 heteroatoms. The van der Waals surface area contributed by atoms with Crippen molar-refractivity contribution >= 4 is 16.7 Å². The van der Waals surface area contributed by atoms with Crippen LogP contribution in [-0.4, -0.2) is 24.1 Å². The second-order valence-electron chi connectivity index (χ2n) is 5.71. The number of Topliss-reactive ketones (excluding diaryl/α,β-unsaturated/α-hetero) is 1. The van der Waals surface area contributed by atoms with E-state index in [1.807, 2.05) is 55.5 Å². The maximum atomic E-state index is 12.0. The first-order valence-electron chi connectivity index (χ1n) is 7.97. The summed E-state index contributed by atoms with van der Waals surface area (Å²) in [6.45, 7) is 4.83. The van der Waals surface area contributed by atoms with E-state index in [-0.39, 0.29) is 5.78 Å². The highest BCUT2D eigenvalue weighted by molar-refractivity contribution is 6.08. The van der Waals surface area contributed by atoms with E-state index < -0.39 is 0 Å². The fourth-order valence-electron chi connectivity index (χ4n) is 3.09. The van der Waals surface area contributed by atoms with Gasteiger partial charge in [0, 0.05) is 22.2 Å². The number of benzene rings is 2. The standard InChI is InChI=1S/C20H21NO3/c1-14-20(15(2)22)18-6-4-5-7-19(18)21(14)12-13-24-17-10-8-16(23-3)9-11-17/h4-11H,12-13H2,1-3H3. The van der Waals surface area contributed by atoms with Gasteiger partial charge in [0.25, 0.3) is 0 Å². The normalized spacial score (nSPS) is 10.8. The number of carbonyl (C=O) groups is 1. The molecule has 0 saturated heterocycles. The molecule has 0 spiro atoms. The van der Waals surface area contributed by atoms with E-state index >= 15 is 0 Å². The second kappa shape index (κ2) is 6.79. The third-order valence-corrected chi connectivity index (χ3v) is 4.23. The topological polar surface area (TPSA) is 40.5 Å². The Hall–Kier alpha value is -2.75. The minimum atomic E-state index is 0.0959. The molecule has 0 aliphatic carbocycles. The van der Waals surface area contributed by atoms with Gasteiger partial charge in [-0.2, -0.15) is 0 Å². The summed E-state index contributed by atoms with van der Waals surface area (Å²) in [6.07, 6.45) is 0. The van der Waals surface area contributed by atoms with Crippen molar-refractivity contribution in [2.75, 3.05) is 13.7 Å². The zero-order valence-corrected chi connectivity index (χ0v) is 14.2. The second-order valence-corrected chi connectivity index (χ2v) is 5.71. The lowest BCUT2D eigenvalue weighted by Gasteiger charge is -2.11. The number of methoxy groups -OCH3 is 1. The zero-order valence-electron chi connectivity index (χ0n) is 14.2. The minimum Gasteiger partial charge on any atom is -0.497 e. The molecule has 0 saturated carbocycles. The van der Waals surface area contributed by atoms with Gasteiger partial charge in [0.2, 0.25) is 0 Å². The molecule has 3 aromatic rings. The van der Waals surface area contributed by atoms with Gasteiger partial charge in [0.05, 0.1) is 13.7 Å². The molecule has 0 N–H and O–H groups in total. The summed E-state index contributed by atoms with van der Waals surface area (Å²) in [5.74, 6) is 1.70. The lowest BCUT2D eigenvalue weighted by molar-refractivity contribution is 0.101. The summed E-state index contributed by atoms with van der Waals surface area (Å²) in [5.41, 5.74) is 2.86. The first-order valence-corrected chi connectivity index (χ1v) is 7.97. The predicted octanol–water partition coefficient (Wildman–Crippen LogP) is 4.24. The molecule has 0 fully saturated rings. The van der Waals surface area contributed by atoms with Gasteiger partial charge in [-0.1, -0.05) is 18.2 Å². The van der Waals surface area contributed by atoms with Crippen LogP contribution >= 0.6 is 0 Å². The van der Waals surface area contributed by atoms with Crippen LogP contribution in [0.15, 0.2) is 48.5 Å². The number of ether oxygens (including phenoxy) is 2. The van der Waals surface area contributed by atoms with Crippen LogP contribution in [0.3, 0.4) is 0 Å². The van der Waals surface area contributed by atoms with Crippen LogP contribution in [-0.2, 0) is 6.54 Å². The quantitative estimate of drug-likeness (QED) is 0.637. The number of hydrogen-bond donors (Lipinski definition) is 0. The summed E-state index contributed by atoms with van der Waals surface area (Å²) in [4.78, 5) is 12.0. The fourth-order valence-corrected chi connectivity index (χ4v) is 3.09. The van der Waals surface area contributed by atoms with E-state index in [2.05, 4.69) is 4.57 Å². The SMILES string of the molecule is COc1ccc(OCCn2c(C)c(C(C)=O)c3ccccc32)cc1. The van der Waals surface area contributed by atoms with Crippen molar-refractivity contribution in [3.05, 3.63) is 59.8 Å². The maximum Gasteiger partial charge on any atom is 0.162 e. The van der Waals surface area contributed by atoms with Crippen LogP contribution in [0.2, 0.25) is 0 Å². The molecule has 0 unspecified atom stereocenters. The van der Waals surface area contributed by atoms with Crippen LogP contribution in [0.1, 0.15) is 23.0 Å². The number of hydrogen-bond acceptors (Lipinski definition) is 3. The largest absolute Gasteiger partial charge is 0.497 e. The molecule has 24 heavy (non-hydrogen) atoms. The summed E-state index contributed by atoms with van der Waals surface area (Å²) >= 11 is 0. The third-order valence-electron chi connectivity index (χ3n) is 4.23. The van der Waals surface area contributed by atoms with E-state index in [1.54, 1.807) is 14.0 Å². The Labute approximate surface area is 141 Å². The Morgan fingerprint density at radius 3 is 2.38 bits per heavy atom. The smallest absolute Gasteiger partial charge is 0.162 e. The summed E-state index contributed by atoms with van der Waals surface area (Å²) in [6, 6.07) is 15.5. The Kier molecular flexibility index (Phi) is 4.56. The number of nitrogens with zero attached hydrogens (tertiary/aromatic N) is 1. The molecule has 0 aliphatic heterocycles. The van der Waals surface area contributed by atoms with Crippen molar-refractivity contribution in [2.24, 2.45) is 0 Å². The van der Waals surface area contributed by atoms with Crippen molar-refractivity contribution in [1.29, 1.82) is 0 Å². The number of carbonyl (C=O) groups excluding carboxylic acids is 1. The van der Waals surface area contributed by atoms with E-state index in [0.717, 1.165) is 33.7 Å². The summed E-state index contributed by atoms with van der Waals surface area (Å²) in [7, 11) is 1.64. The molecule has 3 rings (SSSR count). The van der Waals surface area contributed by atoms with Crippen molar-refractivity contribution in [2.45, 2.75) is 20.4 Å². The molecule has 124 valence electrons. The summed E-state index contributed by atoms with van der Waals surface area (Å²) < 4.78 is 13.1. The van der Waals surface area contributed by atoms with E-state index in [4.69, 9.17) is 9.47 Å². The van der Waals surface area contributed by atoms with Crippen molar-refractivity contribution in [1.82, 2.24) is 4.57 Å². The molecule has 0 bridgehead atoms. The molecule has 0 radical (unpaired) electrons. The van der Waals surface area contributed by atoms with Crippen molar-refractivity contribution in [3.63, 3.8) is 0 Å². The van der Waals surface area contributed by atoms with Gasteiger partial charge in [-0.3, -0.25) is 4.79 Å². The molecule has 1 heterocycles. The average molecular weight is 323 g/mol. The molecule has 0 aliphatic rings. The maximum absolute atomic E-state index is 12.0. The van der Waals surface area contributed by atoms with Crippen LogP contribution in [0.4, 0.5) is 0 Å². The number of rotatable bonds is 6. The van der Waals surface area contributed by atoms with E-state index in [9.17, 15) is 4.79 Å². The Balaban J connectivity index is 1.80. The highest BCUT2D eigenvalue weighted by Crippen LogP contribution is 2.26. The lowest BCUT2D eigenvalue weighted by atomic mass is 10.1. The lowest BCUT2D eigenvalue weighted by Crippen LogP contribution is -2.10. The highest BCUT2D eigenvalue weighted by Gasteiger charge is 2.16. The van der Waals surface area contributed by atoms with Gasteiger partial charge in [-0.15, -0.1) is 0 Å². The van der Waals surface area contributed by atoms with E-state index in [1.165, 1.54) is 0 Å². The van der Waals surface area contributed by atoms with Gasteiger partial charge in [-0.05, 0) is 44.2 Å². The number of ketones is 1. The molecule has 1 aromatic heterocycles. The van der Waals surface area contributed by atoms with Crippen molar-refractivity contribution in [3.8, 4) is 11.5 Å². The van der Waals surface area contributed by atoms with Crippen LogP contribution in [0.5, 0.6) is 11.5 Å². The molecule has 0 amide bonds.